The van der Waals surface area contributed by atoms with Gasteiger partial charge in [0.25, 0.3) is 0 Å². The van der Waals surface area contributed by atoms with Gasteiger partial charge in [-0.1, -0.05) is 24.5 Å². The Hall–Kier alpha value is -1.47. The fourth-order valence-electron chi connectivity index (χ4n) is 1.25. The van der Waals surface area contributed by atoms with Gasteiger partial charge >= 0.3 is 7.48 Å². The first-order valence-corrected chi connectivity index (χ1v) is 6.29. The molecule has 0 atom stereocenters. The van der Waals surface area contributed by atoms with Gasteiger partial charge in [0.2, 0.25) is 0 Å². The molecular formula is C14H20BN2O. The lowest BCUT2D eigenvalue weighted by Gasteiger charge is -2.23. The average Bonchev–Trinajstić information content (AvgIpc) is 2.38. The number of anilines is 1. The summed E-state index contributed by atoms with van der Waals surface area (Å²) in [5.74, 6) is 0. The summed E-state index contributed by atoms with van der Waals surface area (Å²) < 4.78 is 5.71. The molecule has 1 aromatic carbocycles. The lowest BCUT2D eigenvalue weighted by Crippen LogP contribution is -2.30. The second-order valence-electron chi connectivity index (χ2n) is 4.81. The molecule has 0 bridgehead atoms. The van der Waals surface area contributed by atoms with E-state index in [9.17, 15) is 0 Å². The van der Waals surface area contributed by atoms with Crippen molar-refractivity contribution in [2.45, 2.75) is 39.2 Å². The maximum absolute atomic E-state index is 8.45. The number of hydrogen-bond donors (Lipinski definition) is 1. The summed E-state index contributed by atoms with van der Waals surface area (Å²) in [4.78, 5) is 0. The molecule has 0 spiro atoms. The molecule has 1 aromatic rings. The number of nitriles is 1. The number of nitrogens with zero attached hydrogens (tertiary/aromatic N) is 1. The molecule has 4 heteroatoms. The first kappa shape index (κ1) is 14.6. The largest absolute Gasteiger partial charge is 0.430 e. The van der Waals surface area contributed by atoms with E-state index in [1.165, 1.54) is 0 Å². The Morgan fingerprint density at radius 3 is 2.56 bits per heavy atom. The lowest BCUT2D eigenvalue weighted by atomic mass is 9.86. The van der Waals surface area contributed by atoms with E-state index < -0.39 is 0 Å². The van der Waals surface area contributed by atoms with Crippen LogP contribution in [0.3, 0.4) is 0 Å². The van der Waals surface area contributed by atoms with Crippen molar-refractivity contribution in [2.24, 2.45) is 0 Å². The summed E-state index contributed by atoms with van der Waals surface area (Å²) >= 11 is 0. The van der Waals surface area contributed by atoms with E-state index in [1.807, 2.05) is 24.3 Å². The molecule has 0 amide bonds. The van der Waals surface area contributed by atoms with Gasteiger partial charge in [0.05, 0.1) is 12.5 Å². The lowest BCUT2D eigenvalue weighted by molar-refractivity contribution is 0.114. The zero-order valence-electron chi connectivity index (χ0n) is 11.4. The first-order valence-electron chi connectivity index (χ1n) is 6.29. The molecule has 0 aliphatic heterocycles. The Kier molecular flexibility index (Phi) is 5.74. The zero-order valence-corrected chi connectivity index (χ0v) is 11.4. The molecule has 1 N–H and O–H groups in total. The number of nitrogens with one attached hydrogen (secondary N) is 1. The first-order chi connectivity index (χ1) is 8.57. The van der Waals surface area contributed by atoms with E-state index in [-0.39, 0.29) is 5.60 Å². The van der Waals surface area contributed by atoms with Crippen LogP contribution in [-0.4, -0.2) is 19.6 Å². The van der Waals surface area contributed by atoms with E-state index in [0.717, 1.165) is 17.6 Å². The second-order valence-corrected chi connectivity index (χ2v) is 4.81. The van der Waals surface area contributed by atoms with Crippen LogP contribution in [0, 0.1) is 11.3 Å². The predicted molar refractivity (Wildman–Crippen MR) is 76.0 cm³/mol. The maximum atomic E-state index is 8.45. The summed E-state index contributed by atoms with van der Waals surface area (Å²) in [5.41, 5.74) is 1.95. The van der Waals surface area contributed by atoms with Gasteiger partial charge < -0.3 is 9.97 Å². The smallest absolute Gasteiger partial charge is 0.330 e. The van der Waals surface area contributed by atoms with Gasteiger partial charge in [-0.25, -0.2) is 0 Å². The van der Waals surface area contributed by atoms with Crippen LogP contribution in [0.5, 0.6) is 0 Å². The molecule has 1 radical (unpaired) electrons. The van der Waals surface area contributed by atoms with Crippen molar-refractivity contribution >= 4 is 18.6 Å². The van der Waals surface area contributed by atoms with Crippen molar-refractivity contribution in [1.82, 2.24) is 0 Å². The van der Waals surface area contributed by atoms with E-state index in [4.69, 9.17) is 9.92 Å². The van der Waals surface area contributed by atoms with E-state index in [1.54, 1.807) is 7.48 Å². The Labute approximate surface area is 110 Å². The number of benzene rings is 1. The molecule has 0 aliphatic rings. The van der Waals surface area contributed by atoms with Crippen LogP contribution in [0.1, 0.15) is 33.6 Å². The van der Waals surface area contributed by atoms with Gasteiger partial charge in [-0.15, -0.1) is 0 Å². The van der Waals surface area contributed by atoms with Crippen molar-refractivity contribution in [3.8, 4) is 6.07 Å². The molecule has 0 saturated heterocycles. The van der Waals surface area contributed by atoms with Crippen LogP contribution in [0.4, 0.5) is 5.69 Å². The molecular weight excluding hydrogens is 223 g/mol. The monoisotopic (exact) mass is 243 g/mol. The zero-order chi connectivity index (χ0) is 13.4. The normalized spacial score (nSPS) is 10.8. The van der Waals surface area contributed by atoms with E-state index in [0.29, 0.717) is 13.0 Å². The third kappa shape index (κ3) is 5.24. The van der Waals surface area contributed by atoms with Crippen LogP contribution in [0.25, 0.3) is 0 Å². The van der Waals surface area contributed by atoms with Crippen molar-refractivity contribution in [1.29, 1.82) is 5.26 Å². The summed E-state index contributed by atoms with van der Waals surface area (Å²) in [7, 11) is 1.79. The van der Waals surface area contributed by atoms with Gasteiger partial charge in [-0.05, 0) is 32.4 Å². The Morgan fingerprint density at radius 1 is 1.33 bits per heavy atom. The van der Waals surface area contributed by atoms with Gasteiger partial charge in [-0.2, -0.15) is 5.26 Å². The topological polar surface area (TPSA) is 45.0 Å². The molecule has 0 saturated carbocycles. The molecule has 0 unspecified atom stereocenters. The van der Waals surface area contributed by atoms with Crippen LogP contribution < -0.4 is 10.8 Å². The van der Waals surface area contributed by atoms with Crippen molar-refractivity contribution < 1.29 is 4.65 Å². The molecule has 0 fully saturated rings. The standard InChI is InChI=1S/C14H20BN2O/c1-4-14(2,3)18-15-12-6-8-13(9-7-12)17-11-5-10-16/h6-9,17H,4-5,11H2,1-3H3. The van der Waals surface area contributed by atoms with Gasteiger partial charge in [0.15, 0.2) is 0 Å². The van der Waals surface area contributed by atoms with Crippen molar-refractivity contribution in [2.75, 3.05) is 11.9 Å². The summed E-state index contributed by atoms with van der Waals surface area (Å²) in [6, 6.07) is 10.1. The Morgan fingerprint density at radius 2 is 2.00 bits per heavy atom. The Bertz CT molecular complexity index is 395. The number of rotatable bonds is 7. The highest BCUT2D eigenvalue weighted by molar-refractivity contribution is 6.47. The fourth-order valence-corrected chi connectivity index (χ4v) is 1.25. The third-order valence-electron chi connectivity index (χ3n) is 2.84. The molecule has 18 heavy (non-hydrogen) atoms. The highest BCUT2D eigenvalue weighted by Gasteiger charge is 2.15. The van der Waals surface area contributed by atoms with Crippen LogP contribution in [0.15, 0.2) is 24.3 Å². The van der Waals surface area contributed by atoms with Crippen molar-refractivity contribution in [3.05, 3.63) is 24.3 Å². The predicted octanol–water partition coefficient (Wildman–Crippen LogP) is 2.46. The highest BCUT2D eigenvalue weighted by Crippen LogP contribution is 2.12. The van der Waals surface area contributed by atoms with E-state index in [2.05, 4.69) is 32.2 Å². The highest BCUT2D eigenvalue weighted by atomic mass is 16.5. The van der Waals surface area contributed by atoms with E-state index >= 15 is 0 Å². The van der Waals surface area contributed by atoms with Gasteiger partial charge in [0.1, 0.15) is 0 Å². The van der Waals surface area contributed by atoms with Crippen molar-refractivity contribution in [3.63, 3.8) is 0 Å². The molecule has 3 nitrogen and oxygen atoms in total. The van der Waals surface area contributed by atoms with Crippen LogP contribution >= 0.6 is 0 Å². The third-order valence-corrected chi connectivity index (χ3v) is 2.84. The minimum absolute atomic E-state index is 0.121. The second kappa shape index (κ2) is 7.08. The van der Waals surface area contributed by atoms with Crippen LogP contribution in [0.2, 0.25) is 0 Å². The number of hydrogen-bond acceptors (Lipinski definition) is 3. The molecule has 95 valence electrons. The fraction of sp³-hybridized carbons (Fsp3) is 0.500. The minimum Gasteiger partial charge on any atom is -0.430 e. The molecule has 0 heterocycles. The quantitative estimate of drug-likeness (QED) is 0.591. The van der Waals surface area contributed by atoms with Crippen LogP contribution in [-0.2, 0) is 4.65 Å². The SMILES string of the molecule is CCC(C)(C)O[B]c1ccc(NCCC#N)cc1. The maximum Gasteiger partial charge on any atom is 0.330 e. The van der Waals surface area contributed by atoms with Gasteiger partial charge in [0, 0.05) is 17.8 Å². The minimum atomic E-state index is -0.121. The summed E-state index contributed by atoms with van der Waals surface area (Å²) in [5, 5.41) is 11.6. The summed E-state index contributed by atoms with van der Waals surface area (Å²) in [6.45, 7) is 6.93. The Balaban J connectivity index is 2.43. The summed E-state index contributed by atoms with van der Waals surface area (Å²) in [6.07, 6.45) is 1.49. The van der Waals surface area contributed by atoms with Gasteiger partial charge in [-0.3, -0.25) is 0 Å². The molecule has 1 rings (SSSR count). The molecule has 0 aliphatic carbocycles. The molecule has 0 aromatic heterocycles. The average molecular weight is 243 g/mol.